The molecule has 2 N–H and O–H groups in total. The molecule has 0 aliphatic rings. The Balaban J connectivity index is 3.31. The number of rotatable bonds is 2. The second-order valence-electron chi connectivity index (χ2n) is 2.95. The lowest BCUT2D eigenvalue weighted by Gasteiger charge is -2.03. The van der Waals surface area contributed by atoms with Gasteiger partial charge in [0.15, 0.2) is 10.9 Å². The second-order valence-corrected chi connectivity index (χ2v) is 5.00. The third kappa shape index (κ3) is 3.79. The number of halogens is 3. The molecule has 0 bridgehead atoms. The molecule has 0 aliphatic carbocycles. The zero-order valence-electron chi connectivity index (χ0n) is 9.12. The average molecular weight is 322 g/mol. The van der Waals surface area contributed by atoms with E-state index in [2.05, 4.69) is 10.2 Å². The van der Waals surface area contributed by atoms with Crippen molar-refractivity contribution in [1.29, 1.82) is 5.26 Å². The van der Waals surface area contributed by atoms with Crippen LogP contribution in [-0.2, 0) is 0 Å². The van der Waals surface area contributed by atoms with Crippen LogP contribution in [0, 0.1) is 11.3 Å². The van der Waals surface area contributed by atoms with Gasteiger partial charge in [0.05, 0.1) is 10.0 Å². The molecule has 0 fully saturated rings. The SMILES string of the molecule is CS/C(N)=N/N=C(\C#N)c1cc(Cl)cc(Cl)c1Cl. The average Bonchev–Trinajstić information content (AvgIpc) is 2.35. The van der Waals surface area contributed by atoms with Gasteiger partial charge in [-0.2, -0.15) is 5.26 Å². The summed E-state index contributed by atoms with van der Waals surface area (Å²) < 4.78 is 0. The van der Waals surface area contributed by atoms with Crippen molar-refractivity contribution in [3.05, 3.63) is 32.8 Å². The smallest absolute Gasteiger partial charge is 0.180 e. The van der Waals surface area contributed by atoms with Crippen LogP contribution in [0.1, 0.15) is 5.56 Å². The Morgan fingerprint density at radius 1 is 1.33 bits per heavy atom. The molecule has 0 spiro atoms. The van der Waals surface area contributed by atoms with Crippen molar-refractivity contribution >= 4 is 57.4 Å². The summed E-state index contributed by atoms with van der Waals surface area (Å²) in [5.41, 5.74) is 5.76. The normalized spacial score (nSPS) is 12.4. The van der Waals surface area contributed by atoms with Crippen molar-refractivity contribution in [3.63, 3.8) is 0 Å². The van der Waals surface area contributed by atoms with E-state index >= 15 is 0 Å². The standard InChI is InChI=1S/C10H7Cl3N4S/c1-18-10(15)17-16-8(4-14)6-2-5(11)3-7(12)9(6)13/h2-3H,1H3,(H2,15,17)/b16-8+. The molecule has 94 valence electrons. The van der Waals surface area contributed by atoms with E-state index in [4.69, 9.17) is 45.8 Å². The van der Waals surface area contributed by atoms with Gasteiger partial charge in [0.25, 0.3) is 0 Å². The van der Waals surface area contributed by atoms with Gasteiger partial charge < -0.3 is 5.73 Å². The van der Waals surface area contributed by atoms with Crippen LogP contribution in [0.2, 0.25) is 15.1 Å². The zero-order chi connectivity index (χ0) is 13.7. The predicted octanol–water partition coefficient (Wildman–Crippen LogP) is 3.55. The third-order valence-electron chi connectivity index (χ3n) is 1.81. The van der Waals surface area contributed by atoms with Crippen molar-refractivity contribution in [2.45, 2.75) is 0 Å². The first-order valence-electron chi connectivity index (χ1n) is 4.49. The lowest BCUT2D eigenvalue weighted by molar-refractivity contribution is 1.24. The van der Waals surface area contributed by atoms with E-state index in [9.17, 15) is 0 Å². The molecule has 0 aliphatic heterocycles. The molecule has 1 aromatic rings. The van der Waals surface area contributed by atoms with Crippen LogP contribution in [0.4, 0.5) is 0 Å². The first-order chi connectivity index (χ1) is 8.49. The van der Waals surface area contributed by atoms with E-state index in [0.717, 1.165) is 0 Å². The third-order valence-corrected chi connectivity index (χ3v) is 3.33. The first-order valence-corrected chi connectivity index (χ1v) is 6.85. The Hall–Kier alpha value is -0.930. The van der Waals surface area contributed by atoms with Gasteiger partial charge in [-0.3, -0.25) is 0 Å². The first kappa shape index (κ1) is 15.1. The molecular formula is C10H7Cl3N4S. The number of benzene rings is 1. The molecule has 0 amide bonds. The fraction of sp³-hybridized carbons (Fsp3) is 0.100. The highest BCUT2D eigenvalue weighted by Crippen LogP contribution is 2.30. The molecule has 1 aromatic carbocycles. The maximum atomic E-state index is 9.03. The summed E-state index contributed by atoms with van der Waals surface area (Å²) in [6, 6.07) is 4.83. The predicted molar refractivity (Wildman–Crippen MR) is 78.8 cm³/mol. The van der Waals surface area contributed by atoms with Gasteiger partial charge in [0, 0.05) is 10.6 Å². The van der Waals surface area contributed by atoms with E-state index in [0.29, 0.717) is 10.6 Å². The van der Waals surface area contributed by atoms with Crippen LogP contribution in [0.5, 0.6) is 0 Å². The number of hydrogen-bond acceptors (Lipinski definition) is 4. The van der Waals surface area contributed by atoms with Crippen molar-refractivity contribution in [3.8, 4) is 6.07 Å². The molecule has 0 saturated heterocycles. The summed E-state index contributed by atoms with van der Waals surface area (Å²) in [6.45, 7) is 0. The molecule has 4 nitrogen and oxygen atoms in total. The minimum Gasteiger partial charge on any atom is -0.377 e. The van der Waals surface area contributed by atoms with Crippen LogP contribution in [0.3, 0.4) is 0 Å². The van der Waals surface area contributed by atoms with E-state index in [1.165, 1.54) is 23.9 Å². The van der Waals surface area contributed by atoms with E-state index in [1.807, 2.05) is 6.07 Å². The Morgan fingerprint density at radius 3 is 2.56 bits per heavy atom. The molecule has 0 heterocycles. The van der Waals surface area contributed by atoms with Gasteiger partial charge in [-0.1, -0.05) is 46.6 Å². The van der Waals surface area contributed by atoms with Gasteiger partial charge >= 0.3 is 0 Å². The van der Waals surface area contributed by atoms with Crippen molar-refractivity contribution in [1.82, 2.24) is 0 Å². The minimum atomic E-state index is -0.0126. The Kier molecular flexibility index (Phi) is 5.76. The van der Waals surface area contributed by atoms with Crippen LogP contribution in [0.25, 0.3) is 0 Å². The van der Waals surface area contributed by atoms with Gasteiger partial charge in [-0.05, 0) is 18.4 Å². The van der Waals surface area contributed by atoms with E-state index in [1.54, 1.807) is 6.26 Å². The number of amidine groups is 1. The highest BCUT2D eigenvalue weighted by Gasteiger charge is 2.12. The summed E-state index contributed by atoms with van der Waals surface area (Å²) in [4.78, 5) is 0. The summed E-state index contributed by atoms with van der Waals surface area (Å²) in [5.74, 6) is 0. The quantitative estimate of drug-likeness (QED) is 0.392. The maximum absolute atomic E-state index is 9.03. The zero-order valence-corrected chi connectivity index (χ0v) is 12.2. The molecule has 1 rings (SSSR count). The Bertz CT molecular complexity index is 563. The van der Waals surface area contributed by atoms with Crippen LogP contribution in [0.15, 0.2) is 22.3 Å². The van der Waals surface area contributed by atoms with Crippen LogP contribution in [-0.4, -0.2) is 17.1 Å². The van der Waals surface area contributed by atoms with E-state index < -0.39 is 0 Å². The fourth-order valence-corrected chi connectivity index (χ4v) is 1.82. The molecule has 0 radical (unpaired) electrons. The number of nitriles is 1. The van der Waals surface area contributed by atoms with Crippen molar-refractivity contribution in [2.75, 3.05) is 6.26 Å². The maximum Gasteiger partial charge on any atom is 0.180 e. The molecule has 0 aromatic heterocycles. The van der Waals surface area contributed by atoms with Gasteiger partial charge in [-0.25, -0.2) is 0 Å². The van der Waals surface area contributed by atoms with E-state index in [-0.39, 0.29) is 20.9 Å². The lowest BCUT2D eigenvalue weighted by atomic mass is 10.1. The Labute approximate surface area is 123 Å². The van der Waals surface area contributed by atoms with Crippen molar-refractivity contribution in [2.24, 2.45) is 15.9 Å². The molecule has 0 unspecified atom stereocenters. The minimum absolute atomic E-state index is 0.0126. The van der Waals surface area contributed by atoms with Gasteiger partial charge in [0.1, 0.15) is 6.07 Å². The topological polar surface area (TPSA) is 74.5 Å². The highest BCUT2D eigenvalue weighted by molar-refractivity contribution is 8.13. The second kappa shape index (κ2) is 6.86. The summed E-state index contributed by atoms with van der Waals surface area (Å²) >= 11 is 18.9. The molecule has 0 atom stereocenters. The van der Waals surface area contributed by atoms with Crippen LogP contribution < -0.4 is 5.73 Å². The summed E-state index contributed by atoms with van der Waals surface area (Å²) in [5, 5.41) is 17.4. The van der Waals surface area contributed by atoms with Crippen molar-refractivity contribution < 1.29 is 0 Å². The molecule has 18 heavy (non-hydrogen) atoms. The number of hydrogen-bond donors (Lipinski definition) is 1. The van der Waals surface area contributed by atoms with Crippen LogP contribution >= 0.6 is 46.6 Å². The summed E-state index contributed by atoms with van der Waals surface area (Å²) in [6.07, 6.45) is 1.74. The lowest BCUT2D eigenvalue weighted by Crippen LogP contribution is -2.05. The largest absolute Gasteiger partial charge is 0.377 e. The number of thioether (sulfide) groups is 1. The molecule has 8 heteroatoms. The monoisotopic (exact) mass is 320 g/mol. The summed E-state index contributed by atoms with van der Waals surface area (Å²) in [7, 11) is 0. The Morgan fingerprint density at radius 2 is 2.00 bits per heavy atom. The fourth-order valence-electron chi connectivity index (χ4n) is 1.00. The highest BCUT2D eigenvalue weighted by atomic mass is 35.5. The number of nitrogens with two attached hydrogens (primary N) is 1. The number of nitrogens with zero attached hydrogens (tertiary/aromatic N) is 3. The molecule has 0 saturated carbocycles. The van der Waals surface area contributed by atoms with Gasteiger partial charge in [0.2, 0.25) is 0 Å². The van der Waals surface area contributed by atoms with Gasteiger partial charge in [-0.15, -0.1) is 10.2 Å². The molecular weight excluding hydrogens is 315 g/mol.